The minimum atomic E-state index is -0.0964. The lowest BCUT2D eigenvalue weighted by Crippen LogP contribution is -2.14. The molecular formula is C21H27NO2. The van der Waals surface area contributed by atoms with Crippen LogP contribution in [0.2, 0.25) is 0 Å². The lowest BCUT2D eigenvalue weighted by Gasteiger charge is -2.16. The van der Waals surface area contributed by atoms with Crippen molar-refractivity contribution in [3.05, 3.63) is 59.7 Å². The van der Waals surface area contributed by atoms with Gasteiger partial charge in [0, 0.05) is 11.3 Å². The van der Waals surface area contributed by atoms with Gasteiger partial charge in [-0.1, -0.05) is 39.0 Å². The van der Waals surface area contributed by atoms with Crippen molar-refractivity contribution in [3.63, 3.8) is 0 Å². The van der Waals surface area contributed by atoms with E-state index in [0.29, 0.717) is 11.5 Å². The van der Waals surface area contributed by atoms with Crippen molar-refractivity contribution >= 4 is 11.6 Å². The van der Waals surface area contributed by atoms with Crippen molar-refractivity contribution in [3.8, 4) is 5.75 Å². The average molecular weight is 325 g/mol. The van der Waals surface area contributed by atoms with Crippen LogP contribution in [-0.4, -0.2) is 12.0 Å². The first-order valence-corrected chi connectivity index (χ1v) is 8.72. The fourth-order valence-electron chi connectivity index (χ4n) is 2.46. The molecule has 1 amide bonds. The van der Waals surface area contributed by atoms with Gasteiger partial charge in [0.05, 0.1) is 6.10 Å². The molecular weight excluding hydrogens is 298 g/mol. The minimum absolute atomic E-state index is 0.0964. The van der Waals surface area contributed by atoms with Crippen LogP contribution in [0.15, 0.2) is 48.5 Å². The molecule has 3 nitrogen and oxygen atoms in total. The maximum Gasteiger partial charge on any atom is 0.255 e. The van der Waals surface area contributed by atoms with Gasteiger partial charge in [0.1, 0.15) is 5.75 Å². The molecule has 0 aliphatic heterocycles. The maximum atomic E-state index is 12.5. The first-order valence-electron chi connectivity index (χ1n) is 8.72. The number of amides is 1. The highest BCUT2D eigenvalue weighted by Gasteiger charge is 2.12. The first-order chi connectivity index (χ1) is 11.5. The van der Waals surface area contributed by atoms with E-state index in [1.54, 1.807) is 12.1 Å². The van der Waals surface area contributed by atoms with Crippen LogP contribution in [0.1, 0.15) is 62.4 Å². The number of rotatable bonds is 7. The second-order valence-electron chi connectivity index (χ2n) is 6.21. The molecule has 0 aliphatic rings. The molecule has 0 bridgehead atoms. The summed E-state index contributed by atoms with van der Waals surface area (Å²) in [6, 6.07) is 15.3. The third-order valence-corrected chi connectivity index (χ3v) is 4.38. The predicted octanol–water partition coefficient (Wildman–Crippen LogP) is 5.63. The minimum Gasteiger partial charge on any atom is -0.491 e. The molecule has 3 heteroatoms. The molecule has 0 aliphatic carbocycles. The van der Waals surface area contributed by atoms with E-state index in [1.165, 1.54) is 5.56 Å². The van der Waals surface area contributed by atoms with Gasteiger partial charge in [-0.25, -0.2) is 0 Å². The Kier molecular flexibility index (Phi) is 6.42. The van der Waals surface area contributed by atoms with Gasteiger partial charge in [0.15, 0.2) is 0 Å². The molecule has 0 unspecified atom stereocenters. The van der Waals surface area contributed by atoms with E-state index < -0.39 is 0 Å². The van der Waals surface area contributed by atoms with E-state index >= 15 is 0 Å². The highest BCUT2D eigenvalue weighted by Crippen LogP contribution is 2.27. The lowest BCUT2D eigenvalue weighted by atomic mass is 9.97. The third kappa shape index (κ3) is 4.60. The van der Waals surface area contributed by atoms with Crippen LogP contribution in [-0.2, 0) is 0 Å². The first kappa shape index (κ1) is 18.1. The van der Waals surface area contributed by atoms with Crippen LogP contribution in [0.25, 0.3) is 0 Å². The molecule has 0 spiro atoms. The number of carbonyl (C=O) groups is 1. The summed E-state index contributed by atoms with van der Waals surface area (Å²) < 4.78 is 5.75. The van der Waals surface area contributed by atoms with E-state index in [1.807, 2.05) is 37.3 Å². The van der Waals surface area contributed by atoms with E-state index in [4.69, 9.17) is 4.74 Å². The molecule has 128 valence electrons. The topological polar surface area (TPSA) is 38.3 Å². The van der Waals surface area contributed by atoms with Crippen molar-refractivity contribution in [2.45, 2.75) is 52.6 Å². The van der Waals surface area contributed by atoms with Crippen LogP contribution in [0.4, 0.5) is 5.69 Å². The Morgan fingerprint density at radius 1 is 1.00 bits per heavy atom. The zero-order chi connectivity index (χ0) is 17.5. The summed E-state index contributed by atoms with van der Waals surface area (Å²) in [5, 5.41) is 3.03. The van der Waals surface area contributed by atoms with E-state index in [0.717, 1.165) is 24.3 Å². The maximum absolute atomic E-state index is 12.5. The van der Waals surface area contributed by atoms with Crippen molar-refractivity contribution < 1.29 is 9.53 Å². The van der Waals surface area contributed by atoms with Gasteiger partial charge in [-0.2, -0.15) is 0 Å². The highest BCUT2D eigenvalue weighted by molar-refractivity contribution is 6.04. The van der Waals surface area contributed by atoms with Gasteiger partial charge in [-0.3, -0.25) is 4.79 Å². The molecule has 0 saturated carbocycles. The third-order valence-electron chi connectivity index (χ3n) is 4.38. The molecule has 0 radical (unpaired) electrons. The number of nitrogens with one attached hydrogen (secondary N) is 1. The summed E-state index contributed by atoms with van der Waals surface area (Å²) in [4.78, 5) is 12.5. The molecule has 2 aromatic rings. The summed E-state index contributed by atoms with van der Waals surface area (Å²) in [5.41, 5.74) is 2.69. The summed E-state index contributed by atoms with van der Waals surface area (Å²) in [7, 11) is 0. The molecule has 2 rings (SSSR count). The second kappa shape index (κ2) is 8.53. The number of hydrogen-bond donors (Lipinski definition) is 1. The summed E-state index contributed by atoms with van der Waals surface area (Å²) in [5.74, 6) is 1.11. The zero-order valence-electron chi connectivity index (χ0n) is 15.0. The normalized spacial score (nSPS) is 13.2. The van der Waals surface area contributed by atoms with Crippen molar-refractivity contribution in [2.24, 2.45) is 0 Å². The Balaban J connectivity index is 2.10. The molecule has 24 heavy (non-hydrogen) atoms. The van der Waals surface area contributed by atoms with Gasteiger partial charge >= 0.3 is 0 Å². The molecule has 0 fully saturated rings. The Hall–Kier alpha value is -2.29. The van der Waals surface area contributed by atoms with Gasteiger partial charge in [0.25, 0.3) is 5.91 Å². The SMILES string of the molecule is CC[C@@H](C)Oc1ccc(C(=O)Nc2ccccc2[C@H](C)CC)cc1. The summed E-state index contributed by atoms with van der Waals surface area (Å²) in [6.07, 6.45) is 2.16. The number of ether oxygens (including phenoxy) is 1. The zero-order valence-corrected chi connectivity index (χ0v) is 15.0. The van der Waals surface area contributed by atoms with Gasteiger partial charge in [-0.05, 0) is 61.6 Å². The average Bonchev–Trinajstić information content (AvgIpc) is 2.62. The van der Waals surface area contributed by atoms with Crippen LogP contribution >= 0.6 is 0 Å². The van der Waals surface area contributed by atoms with E-state index in [9.17, 15) is 4.79 Å². The Labute approximate surface area is 145 Å². The van der Waals surface area contributed by atoms with Crippen molar-refractivity contribution in [1.29, 1.82) is 0 Å². The molecule has 2 aromatic carbocycles. The van der Waals surface area contributed by atoms with Crippen LogP contribution in [0.5, 0.6) is 5.75 Å². The molecule has 0 heterocycles. The number of anilines is 1. The molecule has 0 aromatic heterocycles. The van der Waals surface area contributed by atoms with E-state index in [2.05, 4.69) is 32.2 Å². The van der Waals surface area contributed by atoms with Crippen molar-refractivity contribution in [1.82, 2.24) is 0 Å². The van der Waals surface area contributed by atoms with Crippen molar-refractivity contribution in [2.75, 3.05) is 5.32 Å². The van der Waals surface area contributed by atoms with Crippen LogP contribution in [0, 0.1) is 0 Å². The Morgan fingerprint density at radius 2 is 1.67 bits per heavy atom. The monoisotopic (exact) mass is 325 g/mol. The molecule has 1 N–H and O–H groups in total. The number of para-hydroxylation sites is 1. The largest absolute Gasteiger partial charge is 0.491 e. The smallest absolute Gasteiger partial charge is 0.255 e. The molecule has 0 saturated heterocycles. The lowest BCUT2D eigenvalue weighted by molar-refractivity contribution is 0.102. The van der Waals surface area contributed by atoms with Crippen LogP contribution < -0.4 is 10.1 Å². The van der Waals surface area contributed by atoms with Gasteiger partial charge in [-0.15, -0.1) is 0 Å². The predicted molar refractivity (Wildman–Crippen MR) is 99.9 cm³/mol. The van der Waals surface area contributed by atoms with Gasteiger partial charge in [0.2, 0.25) is 0 Å². The number of benzene rings is 2. The summed E-state index contributed by atoms with van der Waals surface area (Å²) >= 11 is 0. The second-order valence-corrected chi connectivity index (χ2v) is 6.21. The fourth-order valence-corrected chi connectivity index (χ4v) is 2.46. The van der Waals surface area contributed by atoms with Crippen LogP contribution in [0.3, 0.4) is 0 Å². The Morgan fingerprint density at radius 3 is 2.29 bits per heavy atom. The quantitative estimate of drug-likeness (QED) is 0.716. The molecule has 2 atom stereocenters. The fraction of sp³-hybridized carbons (Fsp3) is 0.381. The Bertz CT molecular complexity index is 664. The van der Waals surface area contributed by atoms with E-state index in [-0.39, 0.29) is 12.0 Å². The van der Waals surface area contributed by atoms with Gasteiger partial charge < -0.3 is 10.1 Å². The number of carbonyl (C=O) groups excluding carboxylic acids is 1. The summed E-state index contributed by atoms with van der Waals surface area (Å²) in [6.45, 7) is 8.44. The number of hydrogen-bond acceptors (Lipinski definition) is 2. The standard InChI is InChI=1S/C21H27NO2/c1-5-15(3)19-9-7-8-10-20(19)22-21(23)17-11-13-18(14-12-17)24-16(4)6-2/h7-16H,5-6H2,1-4H3,(H,22,23)/t15-,16-/m1/s1. The highest BCUT2D eigenvalue weighted by atomic mass is 16.5.